The van der Waals surface area contributed by atoms with Crippen LogP contribution < -0.4 is 5.32 Å². The molecule has 0 aromatic heterocycles. The van der Waals surface area contributed by atoms with Gasteiger partial charge in [-0.2, -0.15) is 0 Å². The summed E-state index contributed by atoms with van der Waals surface area (Å²) in [7, 11) is -0.720. The molecule has 1 heterocycles. The Labute approximate surface area is 106 Å². The maximum absolute atomic E-state index is 11.0. The minimum absolute atomic E-state index is 0.305. The molecule has 0 bridgehead atoms. The van der Waals surface area contributed by atoms with E-state index in [0.717, 1.165) is 26.1 Å². The van der Waals surface area contributed by atoms with Gasteiger partial charge in [0.1, 0.15) is 9.84 Å². The summed E-state index contributed by atoms with van der Waals surface area (Å²) in [5.74, 6) is 0.305. The summed E-state index contributed by atoms with van der Waals surface area (Å²) in [6, 6.07) is 0.668. The van der Waals surface area contributed by atoms with Crippen molar-refractivity contribution < 1.29 is 8.42 Å². The maximum atomic E-state index is 11.0. The topological polar surface area (TPSA) is 49.4 Å². The lowest BCUT2D eigenvalue weighted by molar-refractivity contribution is 0.288. The second-order valence-electron chi connectivity index (χ2n) is 5.22. The van der Waals surface area contributed by atoms with Gasteiger partial charge in [0.2, 0.25) is 0 Å². The van der Waals surface area contributed by atoms with Crippen LogP contribution in [0.3, 0.4) is 0 Å². The maximum Gasteiger partial charge on any atom is 0.147 e. The number of rotatable bonds is 7. The first-order valence-electron chi connectivity index (χ1n) is 6.57. The van der Waals surface area contributed by atoms with Crippen molar-refractivity contribution in [1.82, 2.24) is 10.2 Å². The van der Waals surface area contributed by atoms with E-state index < -0.39 is 9.84 Å². The molecule has 1 aliphatic heterocycles. The van der Waals surface area contributed by atoms with E-state index in [2.05, 4.69) is 17.3 Å². The van der Waals surface area contributed by atoms with Crippen molar-refractivity contribution in [2.75, 3.05) is 38.7 Å². The molecule has 1 fully saturated rings. The molecule has 0 saturated carbocycles. The Morgan fingerprint density at radius 2 is 2.06 bits per heavy atom. The fourth-order valence-corrected chi connectivity index (χ4v) is 2.91. The molecule has 4 nitrogen and oxygen atoms in total. The first-order chi connectivity index (χ1) is 7.97. The Balaban J connectivity index is 2.06. The van der Waals surface area contributed by atoms with Crippen LogP contribution in [0.15, 0.2) is 0 Å². The van der Waals surface area contributed by atoms with Crippen LogP contribution in [0.4, 0.5) is 0 Å². The lowest BCUT2D eigenvalue weighted by Crippen LogP contribution is -2.37. The van der Waals surface area contributed by atoms with E-state index in [1.807, 2.05) is 0 Å². The molecule has 17 heavy (non-hydrogen) atoms. The summed E-state index contributed by atoms with van der Waals surface area (Å²) in [6.45, 7) is 3.09. The average molecular weight is 262 g/mol. The molecule has 1 N–H and O–H groups in total. The van der Waals surface area contributed by atoms with Gasteiger partial charge >= 0.3 is 0 Å². The van der Waals surface area contributed by atoms with E-state index in [1.165, 1.54) is 31.9 Å². The molecule has 1 aliphatic rings. The highest BCUT2D eigenvalue weighted by Gasteiger charge is 2.13. The SMILES string of the molecule is CN(CCCS(C)(=O)=O)CCC1CCCCN1. The monoisotopic (exact) mass is 262 g/mol. The zero-order chi connectivity index (χ0) is 12.7. The molecule has 1 saturated heterocycles. The molecule has 0 radical (unpaired) electrons. The lowest BCUT2D eigenvalue weighted by atomic mass is 10.0. The molecule has 0 amide bonds. The van der Waals surface area contributed by atoms with Crippen LogP contribution in [-0.2, 0) is 9.84 Å². The van der Waals surface area contributed by atoms with Crippen molar-refractivity contribution in [3.63, 3.8) is 0 Å². The van der Waals surface area contributed by atoms with Crippen LogP contribution >= 0.6 is 0 Å². The van der Waals surface area contributed by atoms with E-state index in [9.17, 15) is 8.42 Å². The van der Waals surface area contributed by atoms with Gasteiger partial charge in [0.15, 0.2) is 0 Å². The van der Waals surface area contributed by atoms with Gasteiger partial charge in [-0.1, -0.05) is 6.42 Å². The molecule has 1 unspecified atom stereocenters. The third-order valence-corrected chi connectivity index (χ3v) is 4.36. The zero-order valence-electron chi connectivity index (χ0n) is 11.1. The van der Waals surface area contributed by atoms with Crippen molar-refractivity contribution in [2.45, 2.75) is 38.1 Å². The average Bonchev–Trinajstić information content (AvgIpc) is 2.26. The van der Waals surface area contributed by atoms with Crippen molar-refractivity contribution in [1.29, 1.82) is 0 Å². The number of hydrogen-bond acceptors (Lipinski definition) is 4. The molecule has 0 aromatic carbocycles. The molecular formula is C12H26N2O2S. The van der Waals surface area contributed by atoms with Gasteiger partial charge in [0.25, 0.3) is 0 Å². The van der Waals surface area contributed by atoms with E-state index in [4.69, 9.17) is 0 Å². The molecule has 5 heteroatoms. The van der Waals surface area contributed by atoms with Gasteiger partial charge in [0, 0.05) is 12.3 Å². The summed E-state index contributed by atoms with van der Waals surface area (Å²) < 4.78 is 22.0. The predicted octanol–water partition coefficient (Wildman–Crippen LogP) is 0.885. The third kappa shape index (κ3) is 7.73. The van der Waals surface area contributed by atoms with Gasteiger partial charge in [0.05, 0.1) is 5.75 Å². The highest BCUT2D eigenvalue weighted by molar-refractivity contribution is 7.90. The van der Waals surface area contributed by atoms with Crippen molar-refractivity contribution in [2.24, 2.45) is 0 Å². The van der Waals surface area contributed by atoms with Gasteiger partial charge < -0.3 is 10.2 Å². The molecular weight excluding hydrogens is 236 g/mol. The van der Waals surface area contributed by atoms with E-state index in [1.54, 1.807) is 0 Å². The summed E-state index contributed by atoms with van der Waals surface area (Å²) in [5, 5.41) is 3.53. The van der Waals surface area contributed by atoms with Gasteiger partial charge in [-0.3, -0.25) is 0 Å². The van der Waals surface area contributed by atoms with Crippen LogP contribution in [-0.4, -0.2) is 58.1 Å². The van der Waals surface area contributed by atoms with Gasteiger partial charge in [-0.25, -0.2) is 8.42 Å². The van der Waals surface area contributed by atoms with Crippen LogP contribution in [0.1, 0.15) is 32.1 Å². The molecule has 0 aliphatic carbocycles. The van der Waals surface area contributed by atoms with Crippen LogP contribution in [0.2, 0.25) is 0 Å². The molecule has 0 spiro atoms. The molecule has 102 valence electrons. The minimum Gasteiger partial charge on any atom is -0.314 e. The Morgan fingerprint density at radius 3 is 2.65 bits per heavy atom. The highest BCUT2D eigenvalue weighted by Crippen LogP contribution is 2.10. The van der Waals surface area contributed by atoms with Crippen LogP contribution in [0.25, 0.3) is 0 Å². The molecule has 1 rings (SSSR count). The van der Waals surface area contributed by atoms with Crippen molar-refractivity contribution in [3.8, 4) is 0 Å². The van der Waals surface area contributed by atoms with Crippen molar-refractivity contribution >= 4 is 9.84 Å². The summed E-state index contributed by atoms with van der Waals surface area (Å²) in [4.78, 5) is 2.24. The highest BCUT2D eigenvalue weighted by atomic mass is 32.2. The Hall–Kier alpha value is -0.130. The first kappa shape index (κ1) is 14.9. The normalized spacial score (nSPS) is 21.9. The van der Waals surface area contributed by atoms with Crippen LogP contribution in [0, 0.1) is 0 Å². The lowest BCUT2D eigenvalue weighted by Gasteiger charge is -2.25. The quantitative estimate of drug-likeness (QED) is 0.740. The molecule has 0 aromatic rings. The number of piperidine rings is 1. The molecule has 1 atom stereocenters. The van der Waals surface area contributed by atoms with E-state index >= 15 is 0 Å². The second kappa shape index (κ2) is 7.34. The van der Waals surface area contributed by atoms with Crippen LogP contribution in [0.5, 0.6) is 0 Å². The van der Waals surface area contributed by atoms with Gasteiger partial charge in [-0.05, 0) is 52.4 Å². The number of hydrogen-bond donors (Lipinski definition) is 1. The standard InChI is InChI=1S/C12H26N2O2S/c1-14(9-5-11-17(2,15)16)10-7-12-6-3-4-8-13-12/h12-13H,3-11H2,1-2H3. The van der Waals surface area contributed by atoms with E-state index in [-0.39, 0.29) is 0 Å². The largest absolute Gasteiger partial charge is 0.314 e. The first-order valence-corrected chi connectivity index (χ1v) is 8.63. The Morgan fingerprint density at radius 1 is 1.29 bits per heavy atom. The summed E-state index contributed by atoms with van der Waals surface area (Å²) >= 11 is 0. The van der Waals surface area contributed by atoms with Crippen molar-refractivity contribution in [3.05, 3.63) is 0 Å². The fraction of sp³-hybridized carbons (Fsp3) is 1.00. The van der Waals surface area contributed by atoms with Gasteiger partial charge in [-0.15, -0.1) is 0 Å². The fourth-order valence-electron chi connectivity index (χ4n) is 2.26. The summed E-state index contributed by atoms with van der Waals surface area (Å²) in [6.07, 6.45) is 7.16. The second-order valence-corrected chi connectivity index (χ2v) is 7.48. The Kier molecular flexibility index (Phi) is 6.44. The van der Waals surface area contributed by atoms with E-state index in [0.29, 0.717) is 11.8 Å². The Bertz CT molecular complexity index is 298. The predicted molar refractivity (Wildman–Crippen MR) is 72.1 cm³/mol. The number of nitrogens with one attached hydrogen (secondary N) is 1. The zero-order valence-corrected chi connectivity index (χ0v) is 11.9. The third-order valence-electron chi connectivity index (χ3n) is 3.33. The smallest absolute Gasteiger partial charge is 0.147 e. The minimum atomic E-state index is -2.79. The number of nitrogens with zero attached hydrogens (tertiary/aromatic N) is 1. The number of sulfone groups is 1. The summed E-state index contributed by atoms with van der Waals surface area (Å²) in [5.41, 5.74) is 0.